The maximum atomic E-state index is 11.8. The highest BCUT2D eigenvalue weighted by molar-refractivity contribution is 5.74. The fourth-order valence-corrected chi connectivity index (χ4v) is 2.54. The Bertz CT molecular complexity index is 668. The summed E-state index contributed by atoms with van der Waals surface area (Å²) in [5.41, 5.74) is 4.13. The van der Waals surface area contributed by atoms with Crippen LogP contribution < -0.4 is 10.6 Å². The molecule has 0 radical (unpaired) electrons. The fourth-order valence-electron chi connectivity index (χ4n) is 2.54. The largest absolute Gasteiger partial charge is 0.338 e. The smallest absolute Gasteiger partial charge is 0.315 e. The molecular formula is C18H26N4O. The number of rotatable bonds is 4. The van der Waals surface area contributed by atoms with Crippen molar-refractivity contribution in [2.75, 3.05) is 6.54 Å². The van der Waals surface area contributed by atoms with Crippen LogP contribution in [0.1, 0.15) is 37.7 Å². The molecule has 0 saturated carbocycles. The zero-order valence-electron chi connectivity index (χ0n) is 14.6. The second-order valence-electron chi connectivity index (χ2n) is 6.78. The molecule has 1 aromatic heterocycles. The molecular weight excluding hydrogens is 288 g/mol. The van der Waals surface area contributed by atoms with Crippen LogP contribution in [0.15, 0.2) is 30.3 Å². The van der Waals surface area contributed by atoms with Crippen molar-refractivity contribution in [2.24, 2.45) is 0 Å². The molecule has 2 N–H and O–H groups in total. The SMILES string of the molecule is Cc1nn(-c2ccccc2)c(C)c1CCNC(=O)NC(C)(C)C. The molecule has 0 aliphatic rings. The normalized spacial score (nSPS) is 11.3. The van der Waals surface area contributed by atoms with E-state index in [9.17, 15) is 4.79 Å². The Hall–Kier alpha value is -2.30. The van der Waals surface area contributed by atoms with Crippen LogP contribution >= 0.6 is 0 Å². The van der Waals surface area contributed by atoms with Crippen molar-refractivity contribution in [2.45, 2.75) is 46.6 Å². The zero-order chi connectivity index (χ0) is 17.0. The first-order chi connectivity index (χ1) is 10.8. The summed E-state index contributed by atoms with van der Waals surface area (Å²) in [5, 5.41) is 10.4. The third-order valence-corrected chi connectivity index (χ3v) is 3.59. The number of para-hydroxylation sites is 1. The standard InChI is InChI=1S/C18H26N4O/c1-13-16(11-12-19-17(23)20-18(3,4)5)14(2)22(21-13)15-9-7-6-8-10-15/h6-10H,11-12H2,1-5H3,(H2,19,20,23). The second-order valence-corrected chi connectivity index (χ2v) is 6.78. The molecule has 1 aromatic carbocycles. The molecule has 124 valence electrons. The third-order valence-electron chi connectivity index (χ3n) is 3.59. The molecule has 2 rings (SSSR count). The van der Waals surface area contributed by atoms with Crippen molar-refractivity contribution < 1.29 is 4.79 Å². The molecule has 0 atom stereocenters. The van der Waals surface area contributed by atoms with E-state index in [0.717, 1.165) is 23.5 Å². The van der Waals surface area contributed by atoms with Gasteiger partial charge in [0.05, 0.1) is 11.4 Å². The lowest BCUT2D eigenvalue weighted by molar-refractivity contribution is 0.232. The molecule has 0 spiro atoms. The number of aryl methyl sites for hydroxylation is 1. The Labute approximate surface area is 138 Å². The van der Waals surface area contributed by atoms with Crippen LogP contribution in [0.3, 0.4) is 0 Å². The minimum absolute atomic E-state index is 0.136. The van der Waals surface area contributed by atoms with E-state index >= 15 is 0 Å². The van der Waals surface area contributed by atoms with Crippen LogP contribution in [-0.2, 0) is 6.42 Å². The van der Waals surface area contributed by atoms with Crippen molar-refractivity contribution in [1.29, 1.82) is 0 Å². The van der Waals surface area contributed by atoms with Gasteiger partial charge in [-0.15, -0.1) is 0 Å². The monoisotopic (exact) mass is 314 g/mol. The minimum atomic E-state index is -0.228. The first-order valence-corrected chi connectivity index (χ1v) is 7.94. The lowest BCUT2D eigenvalue weighted by Gasteiger charge is -2.20. The van der Waals surface area contributed by atoms with Gasteiger partial charge in [0.15, 0.2) is 0 Å². The number of benzene rings is 1. The number of aromatic nitrogens is 2. The highest BCUT2D eigenvalue weighted by atomic mass is 16.2. The lowest BCUT2D eigenvalue weighted by atomic mass is 10.1. The Balaban J connectivity index is 2.02. The van der Waals surface area contributed by atoms with Crippen molar-refractivity contribution in [3.05, 3.63) is 47.3 Å². The summed E-state index contributed by atoms with van der Waals surface area (Å²) in [6, 6.07) is 9.95. The molecule has 0 saturated heterocycles. The number of urea groups is 1. The van der Waals surface area contributed by atoms with Gasteiger partial charge in [0.25, 0.3) is 0 Å². The van der Waals surface area contributed by atoms with E-state index in [1.807, 2.05) is 62.7 Å². The van der Waals surface area contributed by atoms with Gasteiger partial charge >= 0.3 is 6.03 Å². The number of carbonyl (C=O) groups excluding carboxylic acids is 1. The van der Waals surface area contributed by atoms with Crippen molar-refractivity contribution in [3.8, 4) is 5.69 Å². The number of hydrogen-bond acceptors (Lipinski definition) is 2. The maximum Gasteiger partial charge on any atom is 0.315 e. The van der Waals surface area contributed by atoms with Gasteiger partial charge in [-0.2, -0.15) is 5.10 Å². The topological polar surface area (TPSA) is 59.0 Å². The zero-order valence-corrected chi connectivity index (χ0v) is 14.6. The molecule has 5 nitrogen and oxygen atoms in total. The van der Waals surface area contributed by atoms with Gasteiger partial charge in [0.1, 0.15) is 0 Å². The van der Waals surface area contributed by atoms with Crippen LogP contribution in [0, 0.1) is 13.8 Å². The number of carbonyl (C=O) groups is 1. The first kappa shape index (κ1) is 17.1. The van der Waals surface area contributed by atoms with Crippen LogP contribution in [0.4, 0.5) is 4.79 Å². The summed E-state index contributed by atoms with van der Waals surface area (Å²) >= 11 is 0. The maximum absolute atomic E-state index is 11.8. The number of amides is 2. The molecule has 0 unspecified atom stereocenters. The van der Waals surface area contributed by atoms with Crippen LogP contribution in [0.25, 0.3) is 5.69 Å². The number of hydrogen-bond donors (Lipinski definition) is 2. The van der Waals surface area contributed by atoms with Gasteiger partial charge in [0, 0.05) is 17.8 Å². The molecule has 5 heteroatoms. The van der Waals surface area contributed by atoms with Crippen LogP contribution in [-0.4, -0.2) is 27.9 Å². The van der Waals surface area contributed by atoms with Gasteiger partial charge < -0.3 is 10.6 Å². The molecule has 0 bridgehead atoms. The average Bonchev–Trinajstić information content (AvgIpc) is 2.74. The Morgan fingerprint density at radius 3 is 2.43 bits per heavy atom. The summed E-state index contributed by atoms with van der Waals surface area (Å²) in [7, 11) is 0. The summed E-state index contributed by atoms with van der Waals surface area (Å²) in [6.07, 6.45) is 0.766. The molecule has 2 amide bonds. The van der Waals surface area contributed by atoms with Gasteiger partial charge in [-0.3, -0.25) is 0 Å². The number of nitrogens with one attached hydrogen (secondary N) is 2. The minimum Gasteiger partial charge on any atom is -0.338 e. The van der Waals surface area contributed by atoms with Gasteiger partial charge in [-0.1, -0.05) is 18.2 Å². The molecule has 23 heavy (non-hydrogen) atoms. The average molecular weight is 314 g/mol. The van der Waals surface area contributed by atoms with Crippen molar-refractivity contribution in [3.63, 3.8) is 0 Å². The van der Waals surface area contributed by atoms with E-state index in [1.54, 1.807) is 0 Å². The van der Waals surface area contributed by atoms with E-state index in [1.165, 1.54) is 5.56 Å². The highest BCUT2D eigenvalue weighted by Gasteiger charge is 2.15. The predicted octanol–water partition coefficient (Wildman–Crippen LogP) is 3.13. The fraction of sp³-hybridized carbons (Fsp3) is 0.444. The predicted molar refractivity (Wildman–Crippen MR) is 93.0 cm³/mol. The van der Waals surface area contributed by atoms with Crippen molar-refractivity contribution >= 4 is 6.03 Å². The Morgan fingerprint density at radius 1 is 1.17 bits per heavy atom. The van der Waals surface area contributed by atoms with Crippen molar-refractivity contribution in [1.82, 2.24) is 20.4 Å². The van der Waals surface area contributed by atoms with E-state index < -0.39 is 0 Å². The molecule has 2 aromatic rings. The molecule has 0 aliphatic heterocycles. The summed E-state index contributed by atoms with van der Waals surface area (Å²) in [5.74, 6) is 0. The van der Waals surface area contributed by atoms with Crippen LogP contribution in [0.5, 0.6) is 0 Å². The van der Waals surface area contributed by atoms with E-state index in [0.29, 0.717) is 6.54 Å². The quantitative estimate of drug-likeness (QED) is 0.911. The highest BCUT2D eigenvalue weighted by Crippen LogP contribution is 2.18. The summed E-state index contributed by atoms with van der Waals surface area (Å²) < 4.78 is 1.96. The van der Waals surface area contributed by atoms with Gasteiger partial charge in [0.2, 0.25) is 0 Å². The third kappa shape index (κ3) is 4.58. The lowest BCUT2D eigenvalue weighted by Crippen LogP contribution is -2.46. The molecule has 0 aliphatic carbocycles. The van der Waals surface area contributed by atoms with Gasteiger partial charge in [-0.25, -0.2) is 9.48 Å². The Kier molecular flexibility index (Phi) is 5.08. The summed E-state index contributed by atoms with van der Waals surface area (Å²) in [4.78, 5) is 11.8. The summed E-state index contributed by atoms with van der Waals surface area (Å²) in [6.45, 7) is 10.6. The number of nitrogens with zero attached hydrogens (tertiary/aromatic N) is 2. The van der Waals surface area contributed by atoms with Gasteiger partial charge in [-0.05, 0) is 58.7 Å². The van der Waals surface area contributed by atoms with E-state index in [4.69, 9.17) is 0 Å². The second kappa shape index (κ2) is 6.86. The molecule has 0 fully saturated rings. The Morgan fingerprint density at radius 2 is 1.83 bits per heavy atom. The molecule has 1 heterocycles. The van der Waals surface area contributed by atoms with E-state index in [-0.39, 0.29) is 11.6 Å². The van der Waals surface area contributed by atoms with E-state index in [2.05, 4.69) is 22.7 Å². The first-order valence-electron chi connectivity index (χ1n) is 7.94. The van der Waals surface area contributed by atoms with Crippen LogP contribution in [0.2, 0.25) is 0 Å².